The number of nitrogens with one attached hydrogen (secondary N) is 1. The zero-order valence-corrected chi connectivity index (χ0v) is 11.6. The van der Waals surface area contributed by atoms with E-state index in [1.54, 1.807) is 7.11 Å². The van der Waals surface area contributed by atoms with Crippen LogP contribution in [0.1, 0.15) is 12.8 Å². The quantitative estimate of drug-likeness (QED) is 0.820. The second-order valence-corrected chi connectivity index (χ2v) is 4.99. The average Bonchev–Trinajstić information content (AvgIpc) is 2.43. The number of benzene rings is 1. The largest absolute Gasteiger partial charge is 0.397 e. The van der Waals surface area contributed by atoms with Gasteiger partial charge in [-0.05, 0) is 31.0 Å². The molecule has 0 aromatic heterocycles. The fourth-order valence-electron chi connectivity index (χ4n) is 2.33. The van der Waals surface area contributed by atoms with E-state index in [1.807, 2.05) is 0 Å². The molecule has 0 spiro atoms. The van der Waals surface area contributed by atoms with E-state index in [9.17, 15) is 9.18 Å². The highest BCUT2D eigenvalue weighted by atomic mass is 19.1. The third-order valence-electron chi connectivity index (χ3n) is 3.52. The molecule has 110 valence electrons. The van der Waals surface area contributed by atoms with E-state index >= 15 is 0 Å². The first-order valence-corrected chi connectivity index (χ1v) is 6.68. The van der Waals surface area contributed by atoms with E-state index in [2.05, 4.69) is 10.2 Å². The van der Waals surface area contributed by atoms with Crippen LogP contribution in [-0.2, 0) is 9.53 Å². The van der Waals surface area contributed by atoms with Gasteiger partial charge in [-0.3, -0.25) is 9.69 Å². The lowest BCUT2D eigenvalue weighted by Gasteiger charge is -2.30. The molecule has 20 heavy (non-hydrogen) atoms. The summed E-state index contributed by atoms with van der Waals surface area (Å²) in [5.74, 6) is -0.603. The number of hydrogen-bond acceptors (Lipinski definition) is 4. The summed E-state index contributed by atoms with van der Waals surface area (Å²) in [5, 5.41) is 2.65. The van der Waals surface area contributed by atoms with Crippen molar-refractivity contribution in [1.82, 2.24) is 4.90 Å². The number of carbonyl (C=O) groups excluding carboxylic acids is 1. The number of likely N-dealkylation sites (tertiary alicyclic amines) is 1. The second-order valence-electron chi connectivity index (χ2n) is 4.99. The maximum atomic E-state index is 13.1. The summed E-state index contributed by atoms with van der Waals surface area (Å²) < 4.78 is 18.4. The predicted molar refractivity (Wildman–Crippen MR) is 75.9 cm³/mol. The van der Waals surface area contributed by atoms with Gasteiger partial charge in [0.25, 0.3) is 0 Å². The molecule has 1 fully saturated rings. The average molecular weight is 281 g/mol. The van der Waals surface area contributed by atoms with E-state index in [0.717, 1.165) is 25.9 Å². The van der Waals surface area contributed by atoms with Crippen LogP contribution in [0.2, 0.25) is 0 Å². The zero-order chi connectivity index (χ0) is 14.5. The normalized spacial score (nSPS) is 17.1. The summed E-state index contributed by atoms with van der Waals surface area (Å²) in [6, 6.07) is 3.93. The van der Waals surface area contributed by atoms with E-state index in [0.29, 0.717) is 11.4 Å². The number of rotatable bonds is 4. The second kappa shape index (κ2) is 6.67. The van der Waals surface area contributed by atoms with Crippen molar-refractivity contribution < 1.29 is 13.9 Å². The van der Waals surface area contributed by atoms with Gasteiger partial charge in [0.2, 0.25) is 5.91 Å². The lowest BCUT2D eigenvalue weighted by Crippen LogP contribution is -2.41. The Hall–Kier alpha value is -1.66. The van der Waals surface area contributed by atoms with Crippen LogP contribution in [0.3, 0.4) is 0 Å². The number of methoxy groups -OCH3 is 1. The molecule has 1 aromatic carbocycles. The summed E-state index contributed by atoms with van der Waals surface area (Å²) in [4.78, 5) is 14.0. The monoisotopic (exact) mass is 281 g/mol. The molecule has 0 radical (unpaired) electrons. The van der Waals surface area contributed by atoms with Crippen molar-refractivity contribution in [3.05, 3.63) is 24.0 Å². The Morgan fingerprint density at radius 3 is 2.85 bits per heavy atom. The molecule has 1 aliphatic rings. The molecule has 0 bridgehead atoms. The lowest BCUT2D eigenvalue weighted by molar-refractivity contribution is -0.117. The van der Waals surface area contributed by atoms with Crippen LogP contribution >= 0.6 is 0 Å². The molecule has 2 rings (SSSR count). The Kier molecular flexibility index (Phi) is 4.92. The van der Waals surface area contributed by atoms with Gasteiger partial charge in [0, 0.05) is 20.2 Å². The molecule has 3 N–H and O–H groups in total. The summed E-state index contributed by atoms with van der Waals surface area (Å²) in [6.07, 6.45) is 2.13. The molecular formula is C14H20FN3O2. The number of piperidine rings is 1. The number of amides is 1. The summed E-state index contributed by atoms with van der Waals surface area (Å²) in [7, 11) is 1.71. The van der Waals surface area contributed by atoms with E-state index in [4.69, 9.17) is 10.5 Å². The SMILES string of the molecule is COC1CCN(CC(=O)Nc2cc(F)ccc2N)CC1. The highest BCUT2D eigenvalue weighted by Gasteiger charge is 2.20. The van der Waals surface area contributed by atoms with Gasteiger partial charge in [0.1, 0.15) is 5.82 Å². The molecule has 1 heterocycles. The molecule has 0 aliphatic carbocycles. The number of hydrogen-bond donors (Lipinski definition) is 2. The molecule has 5 nitrogen and oxygen atoms in total. The first kappa shape index (κ1) is 14.7. The van der Waals surface area contributed by atoms with Crippen LogP contribution in [0.5, 0.6) is 0 Å². The van der Waals surface area contributed by atoms with Gasteiger partial charge < -0.3 is 15.8 Å². The van der Waals surface area contributed by atoms with Crippen LogP contribution in [0.4, 0.5) is 15.8 Å². The number of anilines is 2. The lowest BCUT2D eigenvalue weighted by atomic mass is 10.1. The Morgan fingerprint density at radius 2 is 2.20 bits per heavy atom. The van der Waals surface area contributed by atoms with Crippen molar-refractivity contribution in [1.29, 1.82) is 0 Å². The first-order valence-electron chi connectivity index (χ1n) is 6.68. The van der Waals surface area contributed by atoms with E-state index < -0.39 is 5.82 Å². The molecule has 0 unspecified atom stereocenters. The number of halogens is 1. The molecule has 1 aliphatic heterocycles. The Morgan fingerprint density at radius 1 is 1.50 bits per heavy atom. The van der Waals surface area contributed by atoms with Gasteiger partial charge in [-0.25, -0.2) is 4.39 Å². The van der Waals surface area contributed by atoms with Gasteiger partial charge >= 0.3 is 0 Å². The molecule has 0 atom stereocenters. The first-order chi connectivity index (χ1) is 9.58. The van der Waals surface area contributed by atoms with Gasteiger partial charge in [-0.15, -0.1) is 0 Å². The van der Waals surface area contributed by atoms with E-state index in [1.165, 1.54) is 18.2 Å². The van der Waals surface area contributed by atoms with Gasteiger partial charge in [-0.2, -0.15) is 0 Å². The van der Waals surface area contributed by atoms with Crippen molar-refractivity contribution in [2.24, 2.45) is 0 Å². The molecule has 1 aromatic rings. The molecular weight excluding hydrogens is 261 g/mol. The fourth-order valence-corrected chi connectivity index (χ4v) is 2.33. The van der Waals surface area contributed by atoms with Crippen molar-refractivity contribution in [2.45, 2.75) is 18.9 Å². The van der Waals surface area contributed by atoms with Crippen LogP contribution < -0.4 is 11.1 Å². The zero-order valence-electron chi connectivity index (χ0n) is 11.6. The smallest absolute Gasteiger partial charge is 0.238 e. The molecule has 6 heteroatoms. The third-order valence-corrected chi connectivity index (χ3v) is 3.52. The summed E-state index contributed by atoms with van der Waals surface area (Å²) >= 11 is 0. The minimum atomic E-state index is -0.421. The highest BCUT2D eigenvalue weighted by molar-refractivity contribution is 5.95. The van der Waals surface area contributed by atoms with Crippen LogP contribution in [0.25, 0.3) is 0 Å². The van der Waals surface area contributed by atoms with Crippen molar-refractivity contribution in [3.63, 3.8) is 0 Å². The van der Waals surface area contributed by atoms with Crippen molar-refractivity contribution in [2.75, 3.05) is 37.8 Å². The molecule has 0 saturated carbocycles. The maximum absolute atomic E-state index is 13.1. The Balaban J connectivity index is 1.85. The highest BCUT2D eigenvalue weighted by Crippen LogP contribution is 2.19. The number of nitrogens with zero attached hydrogens (tertiary/aromatic N) is 1. The molecule has 1 amide bonds. The van der Waals surface area contributed by atoms with Gasteiger partial charge in [-0.1, -0.05) is 0 Å². The van der Waals surface area contributed by atoms with Gasteiger partial charge in [0.15, 0.2) is 0 Å². The standard InChI is InChI=1S/C14H20FN3O2/c1-20-11-4-6-18(7-5-11)9-14(19)17-13-8-10(15)2-3-12(13)16/h2-3,8,11H,4-7,9,16H2,1H3,(H,17,19). The van der Waals surface area contributed by atoms with Crippen molar-refractivity contribution in [3.8, 4) is 0 Å². The summed E-state index contributed by atoms with van der Waals surface area (Å²) in [5.41, 5.74) is 6.38. The van der Waals surface area contributed by atoms with Crippen LogP contribution in [0.15, 0.2) is 18.2 Å². The maximum Gasteiger partial charge on any atom is 0.238 e. The predicted octanol–water partition coefficient (Wildman–Crippen LogP) is 1.46. The minimum absolute atomic E-state index is 0.182. The third kappa shape index (κ3) is 3.91. The number of nitrogens with two attached hydrogens (primary N) is 1. The topological polar surface area (TPSA) is 67.6 Å². The Labute approximate surface area is 117 Å². The fraction of sp³-hybridized carbons (Fsp3) is 0.500. The van der Waals surface area contributed by atoms with Crippen molar-refractivity contribution >= 4 is 17.3 Å². The van der Waals surface area contributed by atoms with E-state index in [-0.39, 0.29) is 18.6 Å². The number of carbonyl (C=O) groups is 1. The van der Waals surface area contributed by atoms with Crippen LogP contribution in [0, 0.1) is 5.82 Å². The molecule has 1 saturated heterocycles. The summed E-state index contributed by atoms with van der Waals surface area (Å²) in [6.45, 7) is 1.93. The van der Waals surface area contributed by atoms with Crippen LogP contribution in [-0.4, -0.2) is 43.7 Å². The number of ether oxygens (including phenoxy) is 1. The van der Waals surface area contributed by atoms with Gasteiger partial charge in [0.05, 0.1) is 24.0 Å². The number of nitrogen functional groups attached to an aromatic ring is 1. The Bertz CT molecular complexity index is 473. The minimum Gasteiger partial charge on any atom is -0.397 e.